The van der Waals surface area contributed by atoms with Gasteiger partial charge in [0.25, 0.3) is 0 Å². The van der Waals surface area contributed by atoms with Crippen molar-refractivity contribution >= 4 is 17.7 Å². The van der Waals surface area contributed by atoms with Crippen molar-refractivity contribution in [2.75, 3.05) is 63.6 Å². The molecule has 0 saturated carbocycles. The molecular formula is C33H41FN8O. The van der Waals surface area contributed by atoms with Crippen molar-refractivity contribution < 1.29 is 9.13 Å². The van der Waals surface area contributed by atoms with Crippen LogP contribution in [0.2, 0.25) is 0 Å². The number of pyridine rings is 1. The van der Waals surface area contributed by atoms with Crippen LogP contribution < -0.4 is 26.0 Å². The van der Waals surface area contributed by atoms with Crippen LogP contribution >= 0.6 is 0 Å². The van der Waals surface area contributed by atoms with Gasteiger partial charge in [0.1, 0.15) is 17.4 Å². The van der Waals surface area contributed by atoms with Crippen LogP contribution in [0, 0.1) is 12.7 Å². The van der Waals surface area contributed by atoms with Crippen LogP contribution in [0.1, 0.15) is 24.0 Å². The third-order valence-corrected chi connectivity index (χ3v) is 8.89. The van der Waals surface area contributed by atoms with Crippen LogP contribution in [0.4, 0.5) is 15.8 Å². The smallest absolute Gasteiger partial charge is 0.159 e. The zero-order valence-electron chi connectivity index (χ0n) is 25.2. The summed E-state index contributed by atoms with van der Waals surface area (Å²) in [6.07, 6.45) is 9.01. The lowest BCUT2D eigenvalue weighted by Gasteiger charge is -2.43. The van der Waals surface area contributed by atoms with Crippen molar-refractivity contribution in [1.29, 1.82) is 0 Å². The van der Waals surface area contributed by atoms with Gasteiger partial charge in [0, 0.05) is 92.2 Å². The predicted molar refractivity (Wildman–Crippen MR) is 171 cm³/mol. The topological polar surface area (TPSA) is 94.3 Å². The number of piperazine rings is 1. The summed E-state index contributed by atoms with van der Waals surface area (Å²) in [5.74, 6) is 1.09. The van der Waals surface area contributed by atoms with Crippen LogP contribution in [0.25, 0.3) is 11.1 Å². The fourth-order valence-corrected chi connectivity index (χ4v) is 6.33. The summed E-state index contributed by atoms with van der Waals surface area (Å²) in [7, 11) is 3.90. The van der Waals surface area contributed by atoms with E-state index in [4.69, 9.17) is 10.5 Å². The van der Waals surface area contributed by atoms with Gasteiger partial charge in [0.15, 0.2) is 5.66 Å². The van der Waals surface area contributed by atoms with Gasteiger partial charge in [-0.3, -0.25) is 15.6 Å². The highest BCUT2D eigenvalue weighted by Crippen LogP contribution is 2.36. The number of hydrogen-bond donors (Lipinski definition) is 3. The molecular weight excluding hydrogens is 543 g/mol. The second-order valence-corrected chi connectivity index (χ2v) is 11.7. The largest absolute Gasteiger partial charge is 0.494 e. The van der Waals surface area contributed by atoms with Gasteiger partial charge in [-0.2, -0.15) is 0 Å². The summed E-state index contributed by atoms with van der Waals surface area (Å²) in [5, 5.41) is 6.61. The Hall–Kier alpha value is -3.99. The summed E-state index contributed by atoms with van der Waals surface area (Å²) in [4.78, 5) is 16.4. The van der Waals surface area contributed by atoms with Crippen LogP contribution in [0.5, 0.6) is 5.75 Å². The number of aryl methyl sites for hydroxylation is 1. The van der Waals surface area contributed by atoms with Gasteiger partial charge in [-0.1, -0.05) is 18.2 Å². The highest BCUT2D eigenvalue weighted by molar-refractivity contribution is 5.72. The van der Waals surface area contributed by atoms with E-state index in [2.05, 4.69) is 61.4 Å². The Balaban J connectivity index is 1.18. The fourth-order valence-electron chi connectivity index (χ4n) is 6.33. The Morgan fingerprint density at radius 1 is 1.05 bits per heavy atom. The second kappa shape index (κ2) is 12.3. The zero-order chi connectivity index (χ0) is 30.0. The average molecular weight is 585 g/mol. The molecule has 3 aliphatic rings. The molecule has 3 aliphatic heterocycles. The number of nitrogens with two attached hydrogens (primary N) is 1. The van der Waals surface area contributed by atoms with Crippen molar-refractivity contribution in [3.63, 3.8) is 0 Å². The lowest BCUT2D eigenvalue weighted by atomic mass is 9.97. The minimum Gasteiger partial charge on any atom is -0.494 e. The molecule has 1 aromatic heterocycles. The maximum absolute atomic E-state index is 14.5. The summed E-state index contributed by atoms with van der Waals surface area (Å²) in [6, 6.07) is 13.4. The van der Waals surface area contributed by atoms with E-state index in [1.54, 1.807) is 50.1 Å². The summed E-state index contributed by atoms with van der Waals surface area (Å²) in [6.45, 7) is 8.86. The number of benzene rings is 2. The molecule has 0 bridgehead atoms. The van der Waals surface area contributed by atoms with Crippen LogP contribution in [-0.2, 0) is 5.66 Å². The first kappa shape index (κ1) is 29.1. The molecule has 6 rings (SSSR count). The minimum absolute atomic E-state index is 0.315. The molecule has 1 atom stereocenters. The first-order valence-electron chi connectivity index (χ1n) is 15.0. The molecule has 1 unspecified atom stereocenters. The maximum Gasteiger partial charge on any atom is 0.159 e. The first-order valence-corrected chi connectivity index (χ1v) is 15.0. The van der Waals surface area contributed by atoms with E-state index in [-0.39, 0.29) is 5.82 Å². The van der Waals surface area contributed by atoms with Gasteiger partial charge in [-0.15, -0.1) is 0 Å². The standard InChI is InChI=1S/C33H41FN8O/c1-23-16-29(31(43-3)18-30(23)42-10-8-26(9-11-42)41-14-12-40(2)13-15-41)39-32-19-33(35,38-22-37-32)25-17-24(20-36-21-25)27-6-4-5-7-28(27)34/h4-7,16-22,26,39H,8-15,35H2,1-3H3,(H,37,38). The molecule has 10 heteroatoms. The quantitative estimate of drug-likeness (QED) is 0.382. The molecule has 0 aliphatic carbocycles. The average Bonchev–Trinajstić information content (AvgIpc) is 3.02. The van der Waals surface area contributed by atoms with Crippen molar-refractivity contribution in [2.24, 2.45) is 10.7 Å². The zero-order valence-corrected chi connectivity index (χ0v) is 25.2. The number of methoxy groups -OCH3 is 1. The molecule has 2 saturated heterocycles. The number of aliphatic imine (C=N–C) groups is 1. The Bertz CT molecular complexity index is 1510. The van der Waals surface area contributed by atoms with Gasteiger partial charge in [0.05, 0.1) is 19.1 Å². The van der Waals surface area contributed by atoms with Gasteiger partial charge in [-0.25, -0.2) is 9.38 Å². The Kier molecular flexibility index (Phi) is 8.34. The van der Waals surface area contributed by atoms with Crippen LogP contribution in [-0.4, -0.2) is 80.6 Å². The van der Waals surface area contributed by atoms with Crippen molar-refractivity contribution in [3.05, 3.63) is 83.7 Å². The number of nitrogens with zero attached hydrogens (tertiary/aromatic N) is 5. The molecule has 0 radical (unpaired) electrons. The molecule has 0 spiro atoms. The van der Waals surface area contributed by atoms with E-state index >= 15 is 0 Å². The summed E-state index contributed by atoms with van der Waals surface area (Å²) < 4.78 is 20.3. The van der Waals surface area contributed by atoms with Gasteiger partial charge < -0.3 is 25.2 Å². The highest BCUT2D eigenvalue weighted by atomic mass is 19.1. The van der Waals surface area contributed by atoms with Crippen molar-refractivity contribution in [3.8, 4) is 16.9 Å². The molecule has 4 heterocycles. The van der Waals surface area contributed by atoms with E-state index in [0.717, 1.165) is 37.6 Å². The predicted octanol–water partition coefficient (Wildman–Crippen LogP) is 4.12. The van der Waals surface area contributed by atoms with E-state index < -0.39 is 5.66 Å². The molecule has 0 amide bonds. The van der Waals surface area contributed by atoms with Crippen molar-refractivity contribution in [2.45, 2.75) is 31.5 Å². The molecule has 43 heavy (non-hydrogen) atoms. The third kappa shape index (κ3) is 6.22. The van der Waals surface area contributed by atoms with Gasteiger partial charge in [0.2, 0.25) is 0 Å². The Morgan fingerprint density at radius 3 is 2.56 bits per heavy atom. The van der Waals surface area contributed by atoms with E-state index in [0.29, 0.717) is 28.6 Å². The van der Waals surface area contributed by atoms with Crippen molar-refractivity contribution in [1.82, 2.24) is 20.1 Å². The monoisotopic (exact) mass is 584 g/mol. The normalized spacial score (nSPS) is 21.8. The van der Waals surface area contributed by atoms with Gasteiger partial charge >= 0.3 is 0 Å². The van der Waals surface area contributed by atoms with E-state index in [1.165, 1.54) is 43.2 Å². The van der Waals surface area contributed by atoms with Crippen LogP contribution in [0.3, 0.4) is 0 Å². The van der Waals surface area contributed by atoms with Crippen LogP contribution in [0.15, 0.2) is 71.7 Å². The number of hydrogen-bond acceptors (Lipinski definition) is 9. The number of nitrogens with one attached hydrogen (secondary N) is 2. The number of piperidine rings is 1. The lowest BCUT2D eigenvalue weighted by molar-refractivity contribution is 0.0982. The lowest BCUT2D eigenvalue weighted by Crippen LogP contribution is -2.52. The molecule has 9 nitrogen and oxygen atoms in total. The Labute approximate surface area is 253 Å². The second-order valence-electron chi connectivity index (χ2n) is 11.7. The molecule has 2 fully saturated rings. The SMILES string of the molecule is COc1cc(N2CCC(N3CCN(C)CC3)CC2)c(C)cc1NC1=CC(N)(c2cncc(-c3ccccc3F)c2)N=CN1. The number of rotatable bonds is 7. The number of ether oxygens (including phenoxy) is 1. The molecule has 3 aromatic rings. The third-order valence-electron chi connectivity index (χ3n) is 8.89. The fraction of sp³-hybridized carbons (Fsp3) is 0.394. The minimum atomic E-state index is -1.20. The molecule has 226 valence electrons. The van der Waals surface area contributed by atoms with E-state index in [9.17, 15) is 4.39 Å². The number of halogens is 1. The summed E-state index contributed by atoms with van der Waals surface area (Å²) >= 11 is 0. The Morgan fingerprint density at radius 2 is 1.81 bits per heavy atom. The highest BCUT2D eigenvalue weighted by Gasteiger charge is 2.30. The molecule has 2 aromatic carbocycles. The van der Waals surface area contributed by atoms with E-state index in [1.807, 2.05) is 6.07 Å². The first-order chi connectivity index (χ1) is 20.8. The number of aromatic nitrogens is 1. The summed E-state index contributed by atoms with van der Waals surface area (Å²) in [5.41, 5.74) is 10.5. The van der Waals surface area contributed by atoms with Gasteiger partial charge in [-0.05, 0) is 50.6 Å². The number of anilines is 2. The number of likely N-dealkylation sites (N-methyl/N-ethyl adjacent to an activating group) is 1. The molecule has 4 N–H and O–H groups in total. The maximum atomic E-state index is 14.5.